The molecular weight excluding hydrogens is 294 g/mol. The number of carbonyl (C=O) groups is 1. The summed E-state index contributed by atoms with van der Waals surface area (Å²) in [7, 11) is 3.69. The van der Waals surface area contributed by atoms with Crippen molar-refractivity contribution in [1.29, 1.82) is 0 Å². The summed E-state index contributed by atoms with van der Waals surface area (Å²) in [5, 5.41) is 9.73. The molecule has 5 nitrogen and oxygen atoms in total. The normalized spacial score (nSPS) is 23.8. The molecule has 1 aromatic carbocycles. The largest absolute Gasteiger partial charge is 0.493 e. The lowest BCUT2D eigenvalue weighted by Crippen LogP contribution is -2.32. The lowest BCUT2D eigenvalue weighted by atomic mass is 9.79. The van der Waals surface area contributed by atoms with Gasteiger partial charge in [0.25, 0.3) is 0 Å². The lowest BCUT2D eigenvalue weighted by molar-refractivity contribution is -0.143. The maximum atomic E-state index is 11.8. The lowest BCUT2D eigenvalue weighted by Gasteiger charge is -2.25. The van der Waals surface area contributed by atoms with Crippen LogP contribution in [0.25, 0.3) is 0 Å². The number of ether oxygens (including phenoxy) is 2. The topological polar surface area (TPSA) is 59.0 Å². The fourth-order valence-electron chi connectivity index (χ4n) is 3.84. The van der Waals surface area contributed by atoms with E-state index in [0.717, 1.165) is 37.9 Å². The molecule has 3 rings (SSSR count). The SMILES string of the molecule is COc1cc(C2(C(=O)O)CCCC2)ccc1OC1CCN(C)C1. The first-order valence-electron chi connectivity index (χ1n) is 8.32. The number of likely N-dealkylation sites (tertiary alicyclic amines) is 1. The Labute approximate surface area is 137 Å². The van der Waals surface area contributed by atoms with E-state index < -0.39 is 11.4 Å². The van der Waals surface area contributed by atoms with Gasteiger partial charge in [0, 0.05) is 13.1 Å². The molecule has 0 amide bonds. The van der Waals surface area contributed by atoms with Gasteiger partial charge in [-0.25, -0.2) is 0 Å². The second-order valence-corrected chi connectivity index (χ2v) is 6.75. The second-order valence-electron chi connectivity index (χ2n) is 6.75. The fourth-order valence-corrected chi connectivity index (χ4v) is 3.84. The molecule has 0 aromatic heterocycles. The predicted octanol–water partition coefficient (Wildman–Crippen LogP) is 2.67. The molecule has 1 aliphatic carbocycles. The highest BCUT2D eigenvalue weighted by Crippen LogP contribution is 2.44. The quantitative estimate of drug-likeness (QED) is 0.904. The molecular formula is C18H25NO4. The third kappa shape index (κ3) is 3.02. The van der Waals surface area contributed by atoms with Crippen molar-refractivity contribution < 1.29 is 19.4 Å². The summed E-state index contributed by atoms with van der Waals surface area (Å²) in [6, 6.07) is 5.62. The van der Waals surface area contributed by atoms with Crippen LogP contribution in [-0.4, -0.2) is 49.3 Å². The molecule has 1 aromatic rings. The van der Waals surface area contributed by atoms with Gasteiger partial charge in [0.2, 0.25) is 0 Å². The van der Waals surface area contributed by atoms with E-state index in [1.54, 1.807) is 7.11 Å². The molecule has 1 N–H and O–H groups in total. The minimum atomic E-state index is -0.764. The third-order valence-corrected chi connectivity index (χ3v) is 5.22. The number of rotatable bonds is 5. The van der Waals surface area contributed by atoms with Crippen LogP contribution in [0.2, 0.25) is 0 Å². The minimum absolute atomic E-state index is 0.166. The van der Waals surface area contributed by atoms with Gasteiger partial charge in [0.1, 0.15) is 6.10 Å². The van der Waals surface area contributed by atoms with Gasteiger partial charge in [-0.3, -0.25) is 4.79 Å². The zero-order chi connectivity index (χ0) is 16.4. The highest BCUT2D eigenvalue weighted by molar-refractivity contribution is 5.82. The average Bonchev–Trinajstić information content (AvgIpc) is 3.17. The first kappa shape index (κ1) is 16.1. The Morgan fingerprint density at radius 2 is 2.04 bits per heavy atom. The van der Waals surface area contributed by atoms with Gasteiger partial charge in [0.15, 0.2) is 11.5 Å². The van der Waals surface area contributed by atoms with E-state index in [-0.39, 0.29) is 6.10 Å². The molecule has 2 fully saturated rings. The van der Waals surface area contributed by atoms with E-state index in [2.05, 4.69) is 11.9 Å². The van der Waals surface area contributed by atoms with E-state index in [1.807, 2.05) is 18.2 Å². The number of carboxylic acids is 1. The Morgan fingerprint density at radius 3 is 2.61 bits per heavy atom. The number of aliphatic carboxylic acids is 1. The zero-order valence-electron chi connectivity index (χ0n) is 13.9. The molecule has 1 aliphatic heterocycles. The molecule has 1 heterocycles. The molecule has 0 spiro atoms. The number of hydrogen-bond donors (Lipinski definition) is 1. The minimum Gasteiger partial charge on any atom is -0.493 e. The van der Waals surface area contributed by atoms with Gasteiger partial charge >= 0.3 is 5.97 Å². The Balaban J connectivity index is 1.86. The van der Waals surface area contributed by atoms with Crippen molar-refractivity contribution in [3.8, 4) is 11.5 Å². The molecule has 126 valence electrons. The summed E-state index contributed by atoms with van der Waals surface area (Å²) in [6.45, 7) is 1.94. The molecule has 2 aliphatic rings. The first-order valence-corrected chi connectivity index (χ1v) is 8.32. The number of methoxy groups -OCH3 is 1. The number of carboxylic acid groups (broad SMARTS) is 1. The smallest absolute Gasteiger partial charge is 0.314 e. The highest BCUT2D eigenvalue weighted by Gasteiger charge is 2.43. The van der Waals surface area contributed by atoms with Crippen LogP contribution in [0.4, 0.5) is 0 Å². The van der Waals surface area contributed by atoms with Crippen LogP contribution in [0.5, 0.6) is 11.5 Å². The van der Waals surface area contributed by atoms with E-state index >= 15 is 0 Å². The molecule has 5 heteroatoms. The summed E-state index contributed by atoms with van der Waals surface area (Å²) in [5.74, 6) is 0.600. The molecule has 1 saturated carbocycles. The van der Waals surface area contributed by atoms with Crippen molar-refractivity contribution in [2.75, 3.05) is 27.2 Å². The maximum absolute atomic E-state index is 11.8. The number of nitrogens with zero attached hydrogens (tertiary/aromatic N) is 1. The third-order valence-electron chi connectivity index (χ3n) is 5.22. The molecule has 0 radical (unpaired) electrons. The van der Waals surface area contributed by atoms with Gasteiger partial charge < -0.3 is 19.5 Å². The summed E-state index contributed by atoms with van der Waals surface area (Å²) in [5.41, 5.74) is 0.0644. The molecule has 1 atom stereocenters. The Kier molecular flexibility index (Phi) is 4.48. The molecule has 0 bridgehead atoms. The molecule has 23 heavy (non-hydrogen) atoms. The van der Waals surface area contributed by atoms with Gasteiger partial charge in [0.05, 0.1) is 12.5 Å². The summed E-state index contributed by atoms with van der Waals surface area (Å²) < 4.78 is 11.5. The van der Waals surface area contributed by atoms with Crippen molar-refractivity contribution in [2.45, 2.75) is 43.6 Å². The summed E-state index contributed by atoms with van der Waals surface area (Å²) in [4.78, 5) is 14.1. The van der Waals surface area contributed by atoms with E-state index in [1.165, 1.54) is 0 Å². The monoisotopic (exact) mass is 319 g/mol. The molecule has 1 unspecified atom stereocenters. The summed E-state index contributed by atoms with van der Waals surface area (Å²) in [6.07, 6.45) is 4.47. The van der Waals surface area contributed by atoms with Crippen molar-refractivity contribution in [3.05, 3.63) is 23.8 Å². The van der Waals surface area contributed by atoms with Gasteiger partial charge in [-0.2, -0.15) is 0 Å². The number of likely N-dealkylation sites (N-methyl/N-ethyl adjacent to an activating group) is 1. The van der Waals surface area contributed by atoms with E-state index in [9.17, 15) is 9.90 Å². The van der Waals surface area contributed by atoms with Crippen molar-refractivity contribution >= 4 is 5.97 Å². The maximum Gasteiger partial charge on any atom is 0.314 e. The Hall–Kier alpha value is -1.75. The van der Waals surface area contributed by atoms with Crippen LogP contribution in [0.1, 0.15) is 37.7 Å². The predicted molar refractivity (Wildman–Crippen MR) is 87.3 cm³/mol. The number of benzene rings is 1. The van der Waals surface area contributed by atoms with Crippen LogP contribution < -0.4 is 9.47 Å². The van der Waals surface area contributed by atoms with Gasteiger partial charge in [-0.05, 0) is 44.0 Å². The van der Waals surface area contributed by atoms with Crippen LogP contribution in [0.15, 0.2) is 18.2 Å². The Bertz CT molecular complexity index is 580. The fraction of sp³-hybridized carbons (Fsp3) is 0.611. The van der Waals surface area contributed by atoms with Crippen LogP contribution in [0, 0.1) is 0 Å². The average molecular weight is 319 g/mol. The van der Waals surface area contributed by atoms with Crippen molar-refractivity contribution in [2.24, 2.45) is 0 Å². The first-order chi connectivity index (χ1) is 11.0. The highest BCUT2D eigenvalue weighted by atomic mass is 16.5. The Morgan fingerprint density at radius 1 is 1.30 bits per heavy atom. The zero-order valence-corrected chi connectivity index (χ0v) is 13.9. The van der Waals surface area contributed by atoms with Crippen LogP contribution in [0.3, 0.4) is 0 Å². The van der Waals surface area contributed by atoms with Crippen molar-refractivity contribution in [1.82, 2.24) is 4.90 Å². The van der Waals surface area contributed by atoms with E-state index in [4.69, 9.17) is 9.47 Å². The van der Waals surface area contributed by atoms with Crippen molar-refractivity contribution in [3.63, 3.8) is 0 Å². The molecule has 1 saturated heterocycles. The number of hydrogen-bond acceptors (Lipinski definition) is 4. The van der Waals surface area contributed by atoms with E-state index in [0.29, 0.717) is 24.3 Å². The van der Waals surface area contributed by atoms with Gasteiger partial charge in [-0.1, -0.05) is 18.9 Å². The van der Waals surface area contributed by atoms with Crippen LogP contribution in [-0.2, 0) is 10.2 Å². The van der Waals surface area contributed by atoms with Gasteiger partial charge in [-0.15, -0.1) is 0 Å². The standard InChI is InChI=1S/C18H25NO4/c1-19-10-7-14(12-19)23-15-6-5-13(11-16(15)22-2)18(17(20)21)8-3-4-9-18/h5-6,11,14H,3-4,7-10,12H2,1-2H3,(H,20,21). The second kappa shape index (κ2) is 6.40. The summed E-state index contributed by atoms with van der Waals surface area (Å²) >= 11 is 0. The van der Waals surface area contributed by atoms with Crippen LogP contribution >= 0.6 is 0 Å².